The van der Waals surface area contributed by atoms with Gasteiger partial charge in [0.2, 0.25) is 0 Å². The Bertz CT molecular complexity index is 312. The molecule has 4 nitrogen and oxygen atoms in total. The number of nitrogens with one attached hydrogen (secondary N) is 1. The highest BCUT2D eigenvalue weighted by molar-refractivity contribution is 5.38. The van der Waals surface area contributed by atoms with E-state index < -0.39 is 0 Å². The van der Waals surface area contributed by atoms with Crippen LogP contribution in [0.1, 0.15) is 5.69 Å². The zero-order valence-corrected chi connectivity index (χ0v) is 10.7. The van der Waals surface area contributed by atoms with Gasteiger partial charge in [-0.25, -0.2) is 4.98 Å². The third-order valence-electron chi connectivity index (χ3n) is 2.42. The van der Waals surface area contributed by atoms with Gasteiger partial charge in [0.1, 0.15) is 5.82 Å². The van der Waals surface area contributed by atoms with Gasteiger partial charge in [0.25, 0.3) is 0 Å². The van der Waals surface area contributed by atoms with Crippen molar-refractivity contribution < 1.29 is 0 Å². The maximum atomic E-state index is 4.59. The summed E-state index contributed by atoms with van der Waals surface area (Å²) in [5.74, 6) is 1.04. The quantitative estimate of drug-likeness (QED) is 0.771. The summed E-state index contributed by atoms with van der Waals surface area (Å²) in [6.45, 7) is 2.84. The van der Waals surface area contributed by atoms with Crippen LogP contribution in [0.5, 0.6) is 0 Å². The Kier molecular flexibility index (Phi) is 5.22. The molecular formula is C12H22N4. The summed E-state index contributed by atoms with van der Waals surface area (Å²) in [5, 5.41) is 3.11. The molecule has 1 N–H and O–H groups in total. The number of pyridine rings is 1. The number of likely N-dealkylation sites (N-methyl/N-ethyl adjacent to an activating group) is 2. The van der Waals surface area contributed by atoms with Gasteiger partial charge in [0, 0.05) is 26.7 Å². The molecule has 0 aliphatic carbocycles. The standard InChI is InChI=1S/C12H22N4/c1-13-10-11-6-5-7-12(14-11)16(4)9-8-15(2)3/h5-7,13H,8-10H2,1-4H3. The van der Waals surface area contributed by atoms with Crippen molar-refractivity contribution in [3.63, 3.8) is 0 Å². The minimum Gasteiger partial charge on any atom is -0.358 e. The summed E-state index contributed by atoms with van der Waals surface area (Å²) >= 11 is 0. The highest BCUT2D eigenvalue weighted by Crippen LogP contribution is 2.09. The van der Waals surface area contributed by atoms with E-state index in [1.165, 1.54) is 0 Å². The maximum absolute atomic E-state index is 4.59. The molecule has 1 rings (SSSR count). The average molecular weight is 222 g/mol. The molecule has 16 heavy (non-hydrogen) atoms. The van der Waals surface area contributed by atoms with Gasteiger partial charge in [-0.1, -0.05) is 6.07 Å². The molecule has 1 heterocycles. The van der Waals surface area contributed by atoms with E-state index >= 15 is 0 Å². The van der Waals surface area contributed by atoms with Crippen molar-refractivity contribution in [3.8, 4) is 0 Å². The smallest absolute Gasteiger partial charge is 0.128 e. The molecule has 0 spiro atoms. The lowest BCUT2D eigenvalue weighted by Crippen LogP contribution is -2.29. The molecule has 0 radical (unpaired) electrons. The molecule has 0 bridgehead atoms. The number of aromatic nitrogens is 1. The van der Waals surface area contributed by atoms with E-state index in [9.17, 15) is 0 Å². The first-order valence-corrected chi connectivity index (χ1v) is 5.60. The van der Waals surface area contributed by atoms with Gasteiger partial charge in [-0.2, -0.15) is 0 Å². The van der Waals surface area contributed by atoms with Crippen LogP contribution in [0.4, 0.5) is 5.82 Å². The van der Waals surface area contributed by atoms with E-state index in [4.69, 9.17) is 0 Å². The van der Waals surface area contributed by atoms with Crippen molar-refractivity contribution >= 4 is 5.82 Å². The zero-order valence-electron chi connectivity index (χ0n) is 10.7. The van der Waals surface area contributed by atoms with Gasteiger partial charge >= 0.3 is 0 Å². The van der Waals surface area contributed by atoms with Crippen LogP contribution in [-0.4, -0.2) is 51.2 Å². The Morgan fingerprint density at radius 1 is 1.19 bits per heavy atom. The Labute approximate surface area is 98.3 Å². The monoisotopic (exact) mass is 222 g/mol. The number of anilines is 1. The number of rotatable bonds is 6. The molecule has 4 heteroatoms. The normalized spacial score (nSPS) is 10.8. The second-order valence-electron chi connectivity index (χ2n) is 4.24. The molecule has 0 aliphatic heterocycles. The summed E-state index contributed by atoms with van der Waals surface area (Å²) in [7, 11) is 8.18. The lowest BCUT2D eigenvalue weighted by Gasteiger charge is -2.21. The van der Waals surface area contributed by atoms with Gasteiger partial charge in [0.05, 0.1) is 5.69 Å². The van der Waals surface area contributed by atoms with Crippen LogP contribution in [0.3, 0.4) is 0 Å². The van der Waals surface area contributed by atoms with Crippen molar-refractivity contribution in [2.45, 2.75) is 6.54 Å². The van der Waals surface area contributed by atoms with E-state index in [0.29, 0.717) is 0 Å². The van der Waals surface area contributed by atoms with Gasteiger partial charge < -0.3 is 15.1 Å². The SMILES string of the molecule is CNCc1cccc(N(C)CCN(C)C)n1. The molecule has 0 amide bonds. The molecule has 0 atom stereocenters. The van der Waals surface area contributed by atoms with Crippen LogP contribution in [0.15, 0.2) is 18.2 Å². The second-order valence-corrected chi connectivity index (χ2v) is 4.24. The van der Waals surface area contributed by atoms with Gasteiger partial charge in [-0.15, -0.1) is 0 Å². The fourth-order valence-corrected chi connectivity index (χ4v) is 1.42. The van der Waals surface area contributed by atoms with Gasteiger partial charge in [-0.3, -0.25) is 0 Å². The van der Waals surface area contributed by atoms with E-state index in [0.717, 1.165) is 31.1 Å². The molecule has 0 fully saturated rings. The predicted octanol–water partition coefficient (Wildman–Crippen LogP) is 0.799. The molecule has 0 unspecified atom stereocenters. The summed E-state index contributed by atoms with van der Waals surface area (Å²) in [6.07, 6.45) is 0. The molecule has 90 valence electrons. The predicted molar refractivity (Wildman–Crippen MR) is 68.8 cm³/mol. The number of nitrogens with zero attached hydrogens (tertiary/aromatic N) is 3. The van der Waals surface area contributed by atoms with Crippen LogP contribution >= 0.6 is 0 Å². The summed E-state index contributed by atoms with van der Waals surface area (Å²) in [5.41, 5.74) is 1.08. The van der Waals surface area contributed by atoms with Crippen LogP contribution in [0, 0.1) is 0 Å². The topological polar surface area (TPSA) is 31.4 Å². The van der Waals surface area contributed by atoms with Crippen molar-refractivity contribution in [2.24, 2.45) is 0 Å². The lowest BCUT2D eigenvalue weighted by atomic mass is 10.3. The maximum Gasteiger partial charge on any atom is 0.128 e. The van der Waals surface area contributed by atoms with Crippen molar-refractivity contribution in [2.75, 3.05) is 46.2 Å². The summed E-state index contributed by atoms with van der Waals surface area (Å²) < 4.78 is 0. The largest absolute Gasteiger partial charge is 0.358 e. The van der Waals surface area contributed by atoms with Crippen molar-refractivity contribution in [1.82, 2.24) is 15.2 Å². The lowest BCUT2D eigenvalue weighted by molar-refractivity contribution is 0.416. The highest BCUT2D eigenvalue weighted by Gasteiger charge is 2.03. The second kappa shape index (κ2) is 6.45. The molecule has 0 saturated heterocycles. The van der Waals surface area contributed by atoms with Crippen LogP contribution < -0.4 is 10.2 Å². The van der Waals surface area contributed by atoms with Gasteiger partial charge in [-0.05, 0) is 33.3 Å². The number of hydrogen-bond acceptors (Lipinski definition) is 4. The summed E-state index contributed by atoms with van der Waals surface area (Å²) in [4.78, 5) is 8.94. The Balaban J connectivity index is 2.60. The molecule has 1 aromatic heterocycles. The third kappa shape index (κ3) is 4.16. The number of hydrogen-bond donors (Lipinski definition) is 1. The average Bonchev–Trinajstić information content (AvgIpc) is 2.26. The molecule has 0 aliphatic rings. The Morgan fingerprint density at radius 3 is 2.56 bits per heavy atom. The van der Waals surface area contributed by atoms with E-state index in [1.807, 2.05) is 13.1 Å². The first-order valence-electron chi connectivity index (χ1n) is 5.60. The molecule has 1 aromatic rings. The Morgan fingerprint density at radius 2 is 1.94 bits per heavy atom. The fraction of sp³-hybridized carbons (Fsp3) is 0.583. The van der Waals surface area contributed by atoms with E-state index in [-0.39, 0.29) is 0 Å². The minimum absolute atomic E-state index is 0.815. The van der Waals surface area contributed by atoms with E-state index in [1.54, 1.807) is 0 Å². The first-order chi connectivity index (χ1) is 7.63. The van der Waals surface area contributed by atoms with Crippen molar-refractivity contribution in [1.29, 1.82) is 0 Å². The molecule has 0 aromatic carbocycles. The van der Waals surface area contributed by atoms with E-state index in [2.05, 4.69) is 53.4 Å². The van der Waals surface area contributed by atoms with Crippen LogP contribution in [0.25, 0.3) is 0 Å². The van der Waals surface area contributed by atoms with Crippen LogP contribution in [0.2, 0.25) is 0 Å². The fourth-order valence-electron chi connectivity index (χ4n) is 1.42. The molecule has 0 saturated carbocycles. The van der Waals surface area contributed by atoms with Crippen molar-refractivity contribution in [3.05, 3.63) is 23.9 Å². The first kappa shape index (κ1) is 12.9. The Hall–Kier alpha value is -1.13. The van der Waals surface area contributed by atoms with Crippen LogP contribution in [-0.2, 0) is 6.54 Å². The summed E-state index contributed by atoms with van der Waals surface area (Å²) in [6, 6.07) is 6.15. The van der Waals surface area contributed by atoms with Gasteiger partial charge in [0.15, 0.2) is 0 Å². The zero-order chi connectivity index (χ0) is 12.0. The molecular weight excluding hydrogens is 200 g/mol. The third-order valence-corrected chi connectivity index (χ3v) is 2.42. The highest BCUT2D eigenvalue weighted by atomic mass is 15.2. The minimum atomic E-state index is 0.815.